The first-order valence-electron chi connectivity index (χ1n) is 7.77. The highest BCUT2D eigenvalue weighted by molar-refractivity contribution is 7.99. The summed E-state index contributed by atoms with van der Waals surface area (Å²) in [6, 6.07) is 11.0. The lowest BCUT2D eigenvalue weighted by molar-refractivity contribution is -0.147. The van der Waals surface area contributed by atoms with Crippen molar-refractivity contribution in [3.05, 3.63) is 47.9 Å². The van der Waals surface area contributed by atoms with Crippen LogP contribution in [0.3, 0.4) is 0 Å². The van der Waals surface area contributed by atoms with Gasteiger partial charge in [-0.3, -0.25) is 4.79 Å². The average molecular weight is 396 g/mol. The molecule has 0 aliphatic carbocycles. The molecule has 0 atom stereocenters. The van der Waals surface area contributed by atoms with Crippen molar-refractivity contribution < 1.29 is 18.0 Å². The topological polar surface area (TPSA) is 77.6 Å². The van der Waals surface area contributed by atoms with E-state index in [4.69, 9.17) is 0 Å². The Bertz CT molecular complexity index is 951. The number of hydrogen-bond donors (Lipinski definition) is 1. The van der Waals surface area contributed by atoms with Gasteiger partial charge in [0.15, 0.2) is 5.16 Å². The Morgan fingerprint density at radius 1 is 1.22 bits per heavy atom. The van der Waals surface area contributed by atoms with E-state index in [-0.39, 0.29) is 10.9 Å². The summed E-state index contributed by atoms with van der Waals surface area (Å²) in [7, 11) is 1.21. The van der Waals surface area contributed by atoms with E-state index in [0.29, 0.717) is 11.5 Å². The fraction of sp³-hybridized carbons (Fsp3) is 0.250. The van der Waals surface area contributed by atoms with Gasteiger partial charge in [0, 0.05) is 13.1 Å². The van der Waals surface area contributed by atoms with E-state index in [1.54, 1.807) is 17.7 Å². The summed E-state index contributed by atoms with van der Waals surface area (Å²) >= 11 is 0.867. The third kappa shape index (κ3) is 4.30. The normalized spacial score (nSPS) is 11.6. The van der Waals surface area contributed by atoms with Crippen molar-refractivity contribution in [3.8, 4) is 5.69 Å². The summed E-state index contributed by atoms with van der Waals surface area (Å²) in [4.78, 5) is 12.2. The molecule has 27 heavy (non-hydrogen) atoms. The minimum Gasteiger partial charge on any atom is -0.310 e. The largest absolute Gasteiger partial charge is 0.451 e. The number of halogens is 3. The number of alkyl halides is 3. The first kappa shape index (κ1) is 19.0. The predicted octanol–water partition coefficient (Wildman–Crippen LogP) is 3.06. The molecule has 3 rings (SSSR count). The molecule has 0 aliphatic rings. The molecule has 2 aromatic heterocycles. The Morgan fingerprint density at radius 3 is 2.56 bits per heavy atom. The van der Waals surface area contributed by atoms with Gasteiger partial charge in [-0.05, 0) is 19.1 Å². The zero-order valence-corrected chi connectivity index (χ0v) is 15.2. The van der Waals surface area contributed by atoms with Crippen LogP contribution in [0.15, 0.2) is 41.6 Å². The summed E-state index contributed by atoms with van der Waals surface area (Å²) in [5.74, 6) is -1.15. The lowest BCUT2D eigenvalue weighted by Crippen LogP contribution is -2.17. The third-order valence-electron chi connectivity index (χ3n) is 3.52. The highest BCUT2D eigenvalue weighted by Crippen LogP contribution is 2.29. The number of rotatable bonds is 5. The van der Waals surface area contributed by atoms with Crippen molar-refractivity contribution in [2.75, 3.05) is 11.1 Å². The second kappa shape index (κ2) is 7.43. The minimum atomic E-state index is -4.59. The number of aromatic nitrogens is 5. The number of benzene rings is 1. The van der Waals surface area contributed by atoms with Crippen LogP contribution in [0.5, 0.6) is 0 Å². The van der Waals surface area contributed by atoms with Gasteiger partial charge in [0.2, 0.25) is 11.7 Å². The molecule has 1 aromatic carbocycles. The van der Waals surface area contributed by atoms with Gasteiger partial charge in [-0.15, -0.1) is 10.2 Å². The number of para-hydroxylation sites is 1. The maximum absolute atomic E-state index is 12.7. The van der Waals surface area contributed by atoms with E-state index < -0.39 is 17.9 Å². The molecule has 0 radical (unpaired) electrons. The molecule has 0 bridgehead atoms. The number of hydrogen-bond acceptors (Lipinski definition) is 5. The monoisotopic (exact) mass is 396 g/mol. The van der Waals surface area contributed by atoms with Crippen LogP contribution < -0.4 is 5.32 Å². The predicted molar refractivity (Wildman–Crippen MR) is 93.7 cm³/mol. The second-order valence-corrected chi connectivity index (χ2v) is 6.56. The quantitative estimate of drug-likeness (QED) is 0.671. The standard InChI is InChI=1S/C16H15F3N6OS/c1-10-8-12(25(23-10)11-6-4-3-5-7-11)20-13(26)9-27-15-22-21-14(24(15)2)16(17,18)19/h3-8H,9H2,1-2H3,(H,20,26). The number of nitrogens with zero attached hydrogens (tertiary/aromatic N) is 5. The number of aryl methyl sites for hydroxylation is 1. The van der Waals surface area contributed by atoms with E-state index >= 15 is 0 Å². The Labute approximate surface area is 156 Å². The number of amides is 1. The maximum Gasteiger partial charge on any atom is 0.451 e. The SMILES string of the molecule is Cc1cc(NC(=O)CSc2nnc(C(F)(F)F)n2C)n(-c2ccccc2)n1. The number of anilines is 1. The Balaban J connectivity index is 1.69. The first-order valence-corrected chi connectivity index (χ1v) is 8.75. The average Bonchev–Trinajstić information content (AvgIpc) is 3.16. The number of carbonyl (C=O) groups is 1. The third-order valence-corrected chi connectivity index (χ3v) is 4.54. The van der Waals surface area contributed by atoms with Gasteiger partial charge in [0.05, 0.1) is 17.1 Å². The van der Waals surface area contributed by atoms with Crippen LogP contribution in [0.2, 0.25) is 0 Å². The number of thioether (sulfide) groups is 1. The van der Waals surface area contributed by atoms with Gasteiger partial charge in [-0.2, -0.15) is 18.3 Å². The molecule has 11 heteroatoms. The van der Waals surface area contributed by atoms with E-state index in [0.717, 1.165) is 22.0 Å². The zero-order valence-electron chi connectivity index (χ0n) is 14.4. The van der Waals surface area contributed by atoms with E-state index in [9.17, 15) is 18.0 Å². The van der Waals surface area contributed by atoms with Gasteiger partial charge < -0.3 is 9.88 Å². The summed E-state index contributed by atoms with van der Waals surface area (Å²) in [6.07, 6.45) is -4.59. The number of carbonyl (C=O) groups excluding carboxylic acids is 1. The van der Waals surface area contributed by atoms with Crippen molar-refractivity contribution >= 4 is 23.5 Å². The highest BCUT2D eigenvalue weighted by Gasteiger charge is 2.37. The summed E-state index contributed by atoms with van der Waals surface area (Å²) < 4.78 is 40.6. The Hall–Kier alpha value is -2.82. The van der Waals surface area contributed by atoms with Crippen molar-refractivity contribution in [1.29, 1.82) is 0 Å². The van der Waals surface area contributed by atoms with Crippen LogP contribution in [0.4, 0.5) is 19.0 Å². The molecule has 0 saturated carbocycles. The van der Waals surface area contributed by atoms with Crippen LogP contribution >= 0.6 is 11.8 Å². The molecule has 142 valence electrons. The molecule has 2 heterocycles. The summed E-state index contributed by atoms with van der Waals surface area (Å²) in [5.41, 5.74) is 1.49. The first-order chi connectivity index (χ1) is 12.8. The van der Waals surface area contributed by atoms with Crippen LogP contribution in [-0.2, 0) is 18.0 Å². The fourth-order valence-corrected chi connectivity index (χ4v) is 3.06. The van der Waals surface area contributed by atoms with Gasteiger partial charge in [-0.1, -0.05) is 30.0 Å². The summed E-state index contributed by atoms with van der Waals surface area (Å²) in [6.45, 7) is 1.79. The molecule has 0 spiro atoms. The lowest BCUT2D eigenvalue weighted by Gasteiger charge is -2.09. The van der Waals surface area contributed by atoms with Gasteiger partial charge >= 0.3 is 6.18 Å². The molecule has 1 N–H and O–H groups in total. The van der Waals surface area contributed by atoms with E-state index in [1.807, 2.05) is 30.3 Å². The molecule has 1 amide bonds. The molecule has 3 aromatic rings. The zero-order chi connectivity index (χ0) is 19.6. The minimum absolute atomic E-state index is 0.00484. The molecule has 7 nitrogen and oxygen atoms in total. The molecular formula is C16H15F3N6OS. The van der Waals surface area contributed by atoms with Crippen LogP contribution in [0, 0.1) is 6.92 Å². The summed E-state index contributed by atoms with van der Waals surface area (Å²) in [5, 5.41) is 13.7. The van der Waals surface area contributed by atoms with Crippen molar-refractivity contribution in [2.24, 2.45) is 7.05 Å². The lowest BCUT2D eigenvalue weighted by atomic mass is 10.3. The maximum atomic E-state index is 12.7. The fourth-order valence-electron chi connectivity index (χ4n) is 2.35. The van der Waals surface area contributed by atoms with Crippen LogP contribution in [0.1, 0.15) is 11.5 Å². The molecule has 0 aliphatic heterocycles. The molecule has 0 unspecified atom stereocenters. The Kier molecular flexibility index (Phi) is 5.22. The van der Waals surface area contributed by atoms with Crippen molar-refractivity contribution in [3.63, 3.8) is 0 Å². The molecular weight excluding hydrogens is 381 g/mol. The van der Waals surface area contributed by atoms with Crippen molar-refractivity contribution in [1.82, 2.24) is 24.5 Å². The highest BCUT2D eigenvalue weighted by atomic mass is 32.2. The van der Waals surface area contributed by atoms with Gasteiger partial charge in [-0.25, -0.2) is 4.68 Å². The molecule has 0 saturated heterocycles. The smallest absolute Gasteiger partial charge is 0.310 e. The Morgan fingerprint density at radius 2 is 1.93 bits per heavy atom. The second-order valence-electron chi connectivity index (χ2n) is 5.62. The van der Waals surface area contributed by atoms with Gasteiger partial charge in [0.1, 0.15) is 5.82 Å². The van der Waals surface area contributed by atoms with Crippen LogP contribution in [0.25, 0.3) is 5.69 Å². The van der Waals surface area contributed by atoms with Crippen molar-refractivity contribution in [2.45, 2.75) is 18.3 Å². The molecule has 0 fully saturated rings. The number of nitrogens with one attached hydrogen (secondary N) is 1. The van der Waals surface area contributed by atoms with E-state index in [1.165, 1.54) is 7.05 Å². The van der Waals surface area contributed by atoms with Gasteiger partial charge in [0.25, 0.3) is 0 Å². The van der Waals surface area contributed by atoms with E-state index in [2.05, 4.69) is 20.6 Å². The van der Waals surface area contributed by atoms with Crippen LogP contribution in [-0.4, -0.2) is 36.2 Å².